The molecule has 4 aromatic rings. The molecule has 210 valence electrons. The number of ether oxygens (including phenoxy) is 1. The Morgan fingerprint density at radius 2 is 1.93 bits per heavy atom. The van der Waals surface area contributed by atoms with E-state index in [1.54, 1.807) is 56.0 Å². The number of rotatable bonds is 3. The molecule has 1 atom stereocenters. The Morgan fingerprint density at radius 3 is 2.64 bits per heavy atom. The van der Waals surface area contributed by atoms with Crippen LogP contribution in [0, 0.1) is 32.4 Å². The fraction of sp³-hybridized carbons (Fsp3) is 0.290. The summed E-state index contributed by atoms with van der Waals surface area (Å²) >= 11 is 6.68. The van der Waals surface area contributed by atoms with Crippen LogP contribution in [0.25, 0.3) is 32.8 Å². The van der Waals surface area contributed by atoms with Gasteiger partial charge in [0.05, 0.1) is 18.5 Å². The topological polar surface area (TPSA) is 82.3 Å². The number of nitrogens with zero attached hydrogens (tertiary/aromatic N) is 5. The van der Waals surface area contributed by atoms with Crippen molar-refractivity contribution < 1.29 is 18.3 Å². The van der Waals surface area contributed by atoms with Gasteiger partial charge in [0.2, 0.25) is 0 Å². The molecule has 1 aromatic heterocycles. The molecule has 5 rings (SSSR count). The molecule has 3 aromatic carbocycles. The normalized spacial score (nSPS) is 15.3. The molecule has 1 saturated heterocycles. The third kappa shape index (κ3) is 5.86. The first kappa shape index (κ1) is 29.9. The van der Waals surface area contributed by atoms with E-state index in [2.05, 4.69) is 25.4 Å². The number of halogens is 3. The Hall–Kier alpha value is -3.55. The van der Waals surface area contributed by atoms with E-state index < -0.39 is 29.4 Å². The summed E-state index contributed by atoms with van der Waals surface area (Å²) in [4.78, 5) is 24.9. The van der Waals surface area contributed by atoms with E-state index in [1.165, 1.54) is 6.07 Å². The maximum atomic E-state index is 16.3. The van der Waals surface area contributed by atoms with Crippen LogP contribution in [-0.2, 0) is 4.74 Å². The average Bonchev–Trinajstić information content (AvgIpc) is 2.94. The van der Waals surface area contributed by atoms with Gasteiger partial charge in [0.15, 0.2) is 0 Å². The van der Waals surface area contributed by atoms with Crippen LogP contribution < -0.4 is 4.90 Å². The second kappa shape index (κ2) is 12.0. The number of benzene rings is 3. The van der Waals surface area contributed by atoms with Crippen molar-refractivity contribution in [1.29, 1.82) is 5.26 Å². The predicted molar refractivity (Wildman–Crippen MR) is 159 cm³/mol. The van der Waals surface area contributed by atoms with Gasteiger partial charge in [-0.2, -0.15) is 5.26 Å². The van der Waals surface area contributed by atoms with Crippen LogP contribution >= 0.6 is 11.6 Å². The minimum atomic E-state index is -0.682. The molecule has 1 amide bonds. The van der Waals surface area contributed by atoms with Gasteiger partial charge in [-0.05, 0) is 20.8 Å². The van der Waals surface area contributed by atoms with Crippen LogP contribution in [0.15, 0.2) is 42.5 Å². The number of piperazine rings is 1. The van der Waals surface area contributed by atoms with E-state index in [0.29, 0.717) is 54.5 Å². The molecule has 1 aliphatic heterocycles. The van der Waals surface area contributed by atoms with Gasteiger partial charge >= 0.3 is 193 Å². The van der Waals surface area contributed by atoms with Gasteiger partial charge in [0, 0.05) is 6.54 Å². The number of carbonyl (C=O) groups excluding carboxylic acids is 1. The van der Waals surface area contributed by atoms with Crippen LogP contribution in [0.5, 0.6) is 0 Å². The van der Waals surface area contributed by atoms with Crippen molar-refractivity contribution in [2.45, 2.75) is 38.8 Å². The molecule has 0 spiro atoms. The first-order chi connectivity index (χ1) is 20.0. The van der Waals surface area contributed by atoms with Crippen molar-refractivity contribution in [3.8, 4) is 26.6 Å². The number of aromatic nitrogens is 2. The summed E-state index contributed by atoms with van der Waals surface area (Å²) in [5.41, 5.74) is 0.289. The molecule has 42 heavy (non-hydrogen) atoms. The third-order valence-corrected chi connectivity index (χ3v) is 7.71. The van der Waals surface area contributed by atoms with E-state index in [1.807, 2.05) is 11.0 Å². The summed E-state index contributed by atoms with van der Waals surface area (Å²) in [7, 11) is 0. The Morgan fingerprint density at radius 1 is 1.14 bits per heavy atom. The number of anilines is 1. The van der Waals surface area contributed by atoms with Crippen LogP contribution in [0.4, 0.5) is 19.4 Å². The molecule has 0 N–H and O–H groups in total. The van der Waals surface area contributed by atoms with Gasteiger partial charge in [0.25, 0.3) is 0 Å². The molecule has 7 nitrogen and oxygen atoms in total. The smallest absolute Gasteiger partial charge is 0.198 e. The summed E-state index contributed by atoms with van der Waals surface area (Å²) in [6.07, 6.45) is -0.417. The van der Waals surface area contributed by atoms with E-state index >= 15 is 4.39 Å². The SMILES string of the molecule is CC(C)(C)OC(=O)N1CCN(c2nc(Cl)nc3c(F)c(-c4cccc5ccc(F)c(C#[C][Tl])c45)ccc23)C[C@@H]1CC#N. The number of hydrogen-bond acceptors (Lipinski definition) is 6. The second-order valence-electron chi connectivity index (χ2n) is 10.9. The van der Waals surface area contributed by atoms with Gasteiger partial charge in [-0.3, -0.25) is 0 Å². The van der Waals surface area contributed by atoms with Gasteiger partial charge in [0.1, 0.15) is 5.60 Å². The molecule has 0 saturated carbocycles. The van der Waals surface area contributed by atoms with Crippen LogP contribution in [0.2, 0.25) is 5.28 Å². The van der Waals surface area contributed by atoms with E-state index in [0.717, 1.165) is 5.39 Å². The summed E-state index contributed by atoms with van der Waals surface area (Å²) in [6, 6.07) is 13.4. The zero-order chi connectivity index (χ0) is 30.2. The fourth-order valence-corrected chi connectivity index (χ4v) is 5.96. The zero-order valence-electron chi connectivity index (χ0n) is 23.2. The Balaban J connectivity index is 1.59. The number of hydrogen-bond donors (Lipinski definition) is 0. The summed E-state index contributed by atoms with van der Waals surface area (Å²) in [5.74, 6) is 2.21. The van der Waals surface area contributed by atoms with Crippen LogP contribution in [-0.4, -0.2) is 78.0 Å². The zero-order valence-corrected chi connectivity index (χ0v) is 28.5. The number of carbonyl (C=O) groups is 1. The molecule has 1 fully saturated rings. The predicted octanol–water partition coefficient (Wildman–Crippen LogP) is 6.20. The molecule has 1 aliphatic rings. The van der Waals surface area contributed by atoms with Crippen molar-refractivity contribution >= 4 is 71.0 Å². The summed E-state index contributed by atoms with van der Waals surface area (Å²) in [5, 5.41) is 11.0. The maximum absolute atomic E-state index is 16.3. The first-order valence-electron chi connectivity index (χ1n) is 13.2. The second-order valence-corrected chi connectivity index (χ2v) is 12.3. The molecule has 2 heterocycles. The summed E-state index contributed by atoms with van der Waals surface area (Å²) < 4.78 is 39.6. The molecular weight excluding hydrogens is 752 g/mol. The molecule has 0 radical (unpaired) electrons. The Bertz CT molecular complexity index is 1830. The quantitative estimate of drug-likeness (QED) is 0.140. The minimum Gasteiger partial charge on any atom is -0.198 e. The Kier molecular flexibility index (Phi) is 8.54. The van der Waals surface area contributed by atoms with Crippen LogP contribution in [0.1, 0.15) is 32.8 Å². The van der Waals surface area contributed by atoms with E-state index in [-0.39, 0.29) is 41.4 Å². The monoisotopic (exact) mass is 777 g/mol. The van der Waals surface area contributed by atoms with Crippen molar-refractivity contribution in [1.82, 2.24) is 14.9 Å². The number of amides is 1. The molecule has 0 bridgehead atoms. The molecular formula is C31H25ClF2N5O2Tl. The Labute approximate surface area is 263 Å². The molecule has 11 heteroatoms. The van der Waals surface area contributed by atoms with Crippen molar-refractivity contribution in [3.05, 3.63) is 64.9 Å². The number of fused-ring (bicyclic) bond motifs is 2. The first-order valence-corrected chi connectivity index (χ1v) is 15.8. The average molecular weight is 777 g/mol. The minimum absolute atomic E-state index is 0.0133. The molecule has 0 unspecified atom stereocenters. The van der Waals surface area contributed by atoms with Gasteiger partial charge in [-0.15, -0.1) is 0 Å². The summed E-state index contributed by atoms with van der Waals surface area (Å²) in [6.45, 7) is 6.26. The fourth-order valence-electron chi connectivity index (χ4n) is 5.23. The van der Waals surface area contributed by atoms with Gasteiger partial charge in [-0.25, -0.2) is 4.79 Å². The van der Waals surface area contributed by atoms with E-state index in [4.69, 9.17) is 16.3 Å². The van der Waals surface area contributed by atoms with Gasteiger partial charge < -0.3 is 9.64 Å². The standard InChI is InChI=1S/C31H25ClF2N5O2.Tl/c1-5-20-24(33)12-9-18-7-6-8-21(25(18)20)22-10-11-23-27(26(22)34)36-29(32)37-28(23)38-15-16-39(19(17-38)13-14-35)30(40)41-31(2,3)4;/h6-12,19H,13,15-17H2,2-4H3;/t19-;/m0./s1. The van der Waals surface area contributed by atoms with Crippen molar-refractivity contribution in [2.75, 3.05) is 24.5 Å². The van der Waals surface area contributed by atoms with E-state index in [9.17, 15) is 14.4 Å². The van der Waals surface area contributed by atoms with Crippen LogP contribution in [0.3, 0.4) is 0 Å². The number of nitriles is 1. The third-order valence-electron chi connectivity index (χ3n) is 6.98. The molecule has 0 aliphatic carbocycles. The van der Waals surface area contributed by atoms with Crippen molar-refractivity contribution in [3.63, 3.8) is 0 Å². The van der Waals surface area contributed by atoms with Crippen molar-refractivity contribution in [2.24, 2.45) is 0 Å². The van der Waals surface area contributed by atoms with Gasteiger partial charge in [-0.1, -0.05) is 0 Å².